The summed E-state index contributed by atoms with van der Waals surface area (Å²) in [6.45, 7) is 3.74. The van der Waals surface area contributed by atoms with Crippen LogP contribution in [0.5, 0.6) is 17.2 Å². The van der Waals surface area contributed by atoms with Gasteiger partial charge in [0.05, 0.1) is 0 Å². The van der Waals surface area contributed by atoms with Gasteiger partial charge in [-0.15, -0.1) is 6.58 Å². The molecule has 0 aromatic heterocycles. The molecule has 0 radical (unpaired) electrons. The van der Waals surface area contributed by atoms with Crippen molar-refractivity contribution in [1.29, 1.82) is 0 Å². The first-order valence-electron chi connectivity index (χ1n) is 8.16. The third kappa shape index (κ3) is 4.78. The second-order valence-corrected chi connectivity index (χ2v) is 6.89. The highest BCUT2D eigenvalue weighted by Gasteiger charge is 2.33. The van der Waals surface area contributed by atoms with Gasteiger partial charge in [0, 0.05) is 0 Å². The third-order valence-electron chi connectivity index (χ3n) is 3.47. The Bertz CT molecular complexity index is 849. The normalized spacial score (nSPS) is 10.8. The molecule has 4 nitrogen and oxygen atoms in total. The summed E-state index contributed by atoms with van der Waals surface area (Å²) in [5.74, 6) is 1.23. The summed E-state index contributed by atoms with van der Waals surface area (Å²) in [6, 6.07) is 24.9. The van der Waals surface area contributed by atoms with Crippen LogP contribution < -0.4 is 13.6 Å². The van der Waals surface area contributed by atoms with E-state index in [1.54, 1.807) is 66.7 Å². The van der Waals surface area contributed by atoms with E-state index in [-0.39, 0.29) is 0 Å². The van der Waals surface area contributed by atoms with E-state index in [1.165, 1.54) is 0 Å². The minimum absolute atomic E-state index is 0.396. The third-order valence-corrected chi connectivity index (χ3v) is 4.76. The predicted octanol–water partition coefficient (Wildman–Crippen LogP) is 6.06. The van der Waals surface area contributed by atoms with E-state index in [2.05, 4.69) is 6.58 Å². The quantitative estimate of drug-likeness (QED) is 0.359. The Balaban J connectivity index is 1.92. The van der Waals surface area contributed by atoms with Crippen molar-refractivity contribution in [2.75, 3.05) is 0 Å². The van der Waals surface area contributed by atoms with E-state index in [9.17, 15) is 4.57 Å². The number of benzene rings is 3. The standard InChI is InChI=1S/C21H19O4P/c1-2-11-18-12-9-10-17-21(18)25-26(22,23-19-13-5-3-6-14-19)24-20-15-7-4-8-16-20/h2-10,12-17H,1,11H2. The van der Waals surface area contributed by atoms with Crippen molar-refractivity contribution in [3.63, 3.8) is 0 Å². The molecule has 132 valence electrons. The first kappa shape index (κ1) is 17.8. The lowest BCUT2D eigenvalue weighted by Gasteiger charge is -2.20. The van der Waals surface area contributed by atoms with Crippen LogP contribution in [-0.4, -0.2) is 0 Å². The van der Waals surface area contributed by atoms with Crippen molar-refractivity contribution < 1.29 is 18.1 Å². The van der Waals surface area contributed by atoms with Crippen LogP contribution in [0.3, 0.4) is 0 Å². The van der Waals surface area contributed by atoms with Crippen LogP contribution in [0.1, 0.15) is 5.56 Å². The Morgan fingerprint density at radius 1 is 0.731 bits per heavy atom. The van der Waals surface area contributed by atoms with Gasteiger partial charge in [-0.25, -0.2) is 0 Å². The molecule has 0 amide bonds. The maximum atomic E-state index is 13.4. The van der Waals surface area contributed by atoms with E-state index in [1.807, 2.05) is 24.3 Å². The minimum Gasteiger partial charge on any atom is -0.386 e. The molecule has 26 heavy (non-hydrogen) atoms. The number of allylic oxidation sites excluding steroid dienone is 1. The lowest BCUT2D eigenvalue weighted by molar-refractivity contribution is 0.297. The number of phosphoric acid groups is 1. The molecule has 0 aliphatic rings. The summed E-state index contributed by atoms with van der Waals surface area (Å²) in [5.41, 5.74) is 0.844. The van der Waals surface area contributed by atoms with Crippen LogP contribution in [-0.2, 0) is 11.0 Å². The summed E-state index contributed by atoms with van der Waals surface area (Å²) < 4.78 is 30.4. The molecule has 0 fully saturated rings. The van der Waals surface area contributed by atoms with Gasteiger partial charge in [0.1, 0.15) is 17.2 Å². The molecule has 3 aromatic carbocycles. The molecule has 0 bridgehead atoms. The molecule has 3 rings (SSSR count). The summed E-state index contributed by atoms with van der Waals surface area (Å²) in [6.07, 6.45) is 2.33. The average molecular weight is 366 g/mol. The highest BCUT2D eigenvalue weighted by atomic mass is 31.2. The van der Waals surface area contributed by atoms with Crippen LogP contribution in [0, 0.1) is 0 Å². The number of phosphoric ester groups is 1. The van der Waals surface area contributed by atoms with Crippen molar-refractivity contribution in [2.24, 2.45) is 0 Å². The van der Waals surface area contributed by atoms with Gasteiger partial charge in [-0.3, -0.25) is 0 Å². The molecule has 0 saturated carbocycles. The van der Waals surface area contributed by atoms with E-state index >= 15 is 0 Å². The van der Waals surface area contributed by atoms with Crippen molar-refractivity contribution >= 4 is 7.82 Å². The number of hydrogen-bond acceptors (Lipinski definition) is 4. The average Bonchev–Trinajstić information content (AvgIpc) is 2.65. The molecule has 0 heterocycles. The maximum Gasteiger partial charge on any atom is 0.647 e. The molecule has 0 atom stereocenters. The molecule has 5 heteroatoms. The van der Waals surface area contributed by atoms with Gasteiger partial charge in [-0.2, -0.15) is 4.57 Å². The lowest BCUT2D eigenvalue weighted by atomic mass is 10.1. The maximum absolute atomic E-state index is 13.4. The fraction of sp³-hybridized carbons (Fsp3) is 0.0476. The van der Waals surface area contributed by atoms with Crippen molar-refractivity contribution in [1.82, 2.24) is 0 Å². The topological polar surface area (TPSA) is 44.8 Å². The van der Waals surface area contributed by atoms with Crippen LogP contribution >= 0.6 is 7.82 Å². The molecule has 0 saturated heterocycles. The summed E-state index contributed by atoms with van der Waals surface area (Å²) >= 11 is 0. The molecular weight excluding hydrogens is 347 g/mol. The van der Waals surface area contributed by atoms with Gasteiger partial charge in [0.25, 0.3) is 0 Å². The molecular formula is C21H19O4P. The van der Waals surface area contributed by atoms with Gasteiger partial charge in [0.15, 0.2) is 0 Å². The molecule has 3 aromatic rings. The molecule has 0 spiro atoms. The van der Waals surface area contributed by atoms with Crippen molar-refractivity contribution in [2.45, 2.75) is 6.42 Å². The summed E-state index contributed by atoms with van der Waals surface area (Å²) in [5, 5.41) is 0. The van der Waals surface area contributed by atoms with Crippen LogP contribution in [0.2, 0.25) is 0 Å². The number of hydrogen-bond donors (Lipinski definition) is 0. The first-order chi connectivity index (χ1) is 12.7. The van der Waals surface area contributed by atoms with E-state index in [4.69, 9.17) is 13.6 Å². The Kier molecular flexibility index (Phi) is 5.77. The number of rotatable bonds is 8. The molecule has 0 N–H and O–H groups in total. The Morgan fingerprint density at radius 2 is 1.23 bits per heavy atom. The van der Waals surface area contributed by atoms with Crippen LogP contribution in [0.15, 0.2) is 97.6 Å². The van der Waals surface area contributed by atoms with Crippen molar-refractivity contribution in [3.8, 4) is 17.2 Å². The van der Waals surface area contributed by atoms with E-state index in [0.29, 0.717) is 23.7 Å². The predicted molar refractivity (Wildman–Crippen MR) is 103 cm³/mol. The smallest absolute Gasteiger partial charge is 0.386 e. The van der Waals surface area contributed by atoms with Crippen LogP contribution in [0.25, 0.3) is 0 Å². The zero-order valence-corrected chi connectivity index (χ0v) is 15.0. The van der Waals surface area contributed by atoms with Gasteiger partial charge >= 0.3 is 7.82 Å². The Morgan fingerprint density at radius 3 is 1.77 bits per heavy atom. The van der Waals surface area contributed by atoms with Gasteiger partial charge in [-0.05, 0) is 42.3 Å². The zero-order chi connectivity index (χ0) is 18.2. The Labute approximate surface area is 153 Å². The number of para-hydroxylation sites is 3. The second kappa shape index (κ2) is 8.41. The monoisotopic (exact) mass is 366 g/mol. The minimum atomic E-state index is -3.97. The Hall–Kier alpha value is -2.97. The lowest BCUT2D eigenvalue weighted by Crippen LogP contribution is -2.08. The fourth-order valence-corrected chi connectivity index (χ4v) is 3.60. The second-order valence-electron chi connectivity index (χ2n) is 5.45. The first-order valence-corrected chi connectivity index (χ1v) is 9.62. The SMILES string of the molecule is C=CCc1ccccc1OP(=O)(Oc1ccccc1)Oc1ccccc1. The zero-order valence-electron chi connectivity index (χ0n) is 14.2. The van der Waals surface area contributed by atoms with Gasteiger partial charge in [0.2, 0.25) is 0 Å². The highest BCUT2D eigenvalue weighted by molar-refractivity contribution is 7.49. The fourth-order valence-electron chi connectivity index (χ4n) is 2.31. The van der Waals surface area contributed by atoms with Gasteiger partial charge in [-0.1, -0.05) is 60.7 Å². The molecule has 0 aliphatic heterocycles. The summed E-state index contributed by atoms with van der Waals surface area (Å²) in [4.78, 5) is 0. The molecule has 0 aliphatic carbocycles. The van der Waals surface area contributed by atoms with Crippen LogP contribution in [0.4, 0.5) is 0 Å². The summed E-state index contributed by atoms with van der Waals surface area (Å²) in [7, 11) is -3.97. The highest BCUT2D eigenvalue weighted by Crippen LogP contribution is 2.50. The van der Waals surface area contributed by atoms with E-state index < -0.39 is 7.82 Å². The van der Waals surface area contributed by atoms with Gasteiger partial charge < -0.3 is 13.6 Å². The molecule has 0 unspecified atom stereocenters. The van der Waals surface area contributed by atoms with E-state index in [0.717, 1.165) is 5.56 Å². The van der Waals surface area contributed by atoms with Crippen molar-refractivity contribution in [3.05, 3.63) is 103 Å². The largest absolute Gasteiger partial charge is 0.647 e.